The third-order valence-corrected chi connectivity index (χ3v) is 0. The van der Waals surface area contributed by atoms with Crippen molar-refractivity contribution >= 4 is 85.9 Å². The summed E-state index contributed by atoms with van der Waals surface area (Å²) in [5.41, 5.74) is 0. The Balaban J connectivity index is -0.0000000133. The van der Waals surface area contributed by atoms with Crippen LogP contribution in [0.4, 0.5) is 0 Å². The molecule has 0 rings (SSSR count). The average molecular weight is 247 g/mol. The molecule has 0 aromatic rings. The zero-order valence-corrected chi connectivity index (χ0v) is 11.0. The predicted molar refractivity (Wildman–Crippen MR) is 22.0 cm³/mol. The van der Waals surface area contributed by atoms with Crippen molar-refractivity contribution in [1.29, 1.82) is 0 Å². The molecule has 0 N–H and O–H groups in total. The van der Waals surface area contributed by atoms with Crippen LogP contribution in [-0.4, -0.2) is 93.0 Å². The molecule has 9 heteroatoms. The van der Waals surface area contributed by atoms with Crippen LogP contribution in [0.15, 0.2) is 0 Å². The van der Waals surface area contributed by atoms with Crippen LogP contribution >= 0.6 is 0 Å². The van der Waals surface area contributed by atoms with Crippen molar-refractivity contribution in [2.45, 2.75) is 0 Å². The summed E-state index contributed by atoms with van der Waals surface area (Å²) in [6.45, 7) is 0. The maximum Gasteiger partial charge on any atom is 2.00 e. The van der Waals surface area contributed by atoms with Crippen molar-refractivity contribution in [1.82, 2.24) is 0 Å². The minimum atomic E-state index is -5.17. The van der Waals surface area contributed by atoms with Crippen LogP contribution in [0, 0.1) is 0 Å². The third kappa shape index (κ3) is 100. The fraction of sp³-hybridized carbons (Fsp3) is 0. The Morgan fingerprint density at radius 2 is 0.889 bits per heavy atom. The fourth-order valence-corrected chi connectivity index (χ4v) is 0. The van der Waals surface area contributed by atoms with Crippen molar-refractivity contribution in [3.8, 4) is 0 Å². The van der Waals surface area contributed by atoms with Crippen LogP contribution in [-0.2, 0) is 10.4 Å². The van der Waals surface area contributed by atoms with E-state index in [0.29, 0.717) is 0 Å². The van der Waals surface area contributed by atoms with E-state index in [1.54, 1.807) is 0 Å². The first-order chi connectivity index (χ1) is 2.00. The van der Waals surface area contributed by atoms with Crippen molar-refractivity contribution < 1.29 is 42.3 Å². The van der Waals surface area contributed by atoms with Gasteiger partial charge in [-0.2, -0.15) is 0 Å². The molecule has 48 valence electrons. The number of hydrogen-bond donors (Lipinski definition) is 0. The molecule has 0 saturated heterocycles. The van der Waals surface area contributed by atoms with Gasteiger partial charge in [-0.1, -0.05) is 0 Å². The van der Waals surface area contributed by atoms with Gasteiger partial charge in [0.15, 0.2) is 0 Å². The zero-order chi connectivity index (χ0) is 4.50. The van der Waals surface area contributed by atoms with E-state index in [4.69, 9.17) is 17.5 Å². The van der Waals surface area contributed by atoms with E-state index in [1.165, 1.54) is 0 Å². The van der Waals surface area contributed by atoms with Crippen LogP contribution < -0.4 is 24.8 Å². The molecule has 0 aliphatic carbocycles. The summed E-state index contributed by atoms with van der Waals surface area (Å²) in [5, 5.41) is 0. The van der Waals surface area contributed by atoms with Crippen molar-refractivity contribution in [2.24, 2.45) is 0 Å². The Hall–Kier alpha value is 2.97. The molecule has 0 spiro atoms. The molecular formula is Ca2Cl2O4S. The van der Waals surface area contributed by atoms with Crippen LogP contribution in [0.2, 0.25) is 0 Å². The summed E-state index contributed by atoms with van der Waals surface area (Å²) in [4.78, 5) is 0. The quantitative estimate of drug-likeness (QED) is 0.242. The summed E-state index contributed by atoms with van der Waals surface area (Å²) < 4.78 is 34.1. The van der Waals surface area contributed by atoms with Gasteiger partial charge in [0.1, 0.15) is 0 Å². The fourth-order valence-electron chi connectivity index (χ4n) is 0. The molecule has 0 radical (unpaired) electrons. The molecule has 0 amide bonds. The van der Waals surface area contributed by atoms with Crippen molar-refractivity contribution in [2.75, 3.05) is 0 Å². The minimum Gasteiger partial charge on any atom is -1.00 e. The average Bonchev–Trinajstić information content (AvgIpc) is 0.722. The van der Waals surface area contributed by atoms with E-state index in [0.717, 1.165) is 0 Å². The molecule has 0 bridgehead atoms. The second-order valence-electron chi connectivity index (χ2n) is 0.408. The summed E-state index contributed by atoms with van der Waals surface area (Å²) in [6.07, 6.45) is 0. The van der Waals surface area contributed by atoms with E-state index in [2.05, 4.69) is 0 Å². The summed E-state index contributed by atoms with van der Waals surface area (Å²) in [5.74, 6) is 0. The van der Waals surface area contributed by atoms with Gasteiger partial charge in [0.2, 0.25) is 0 Å². The normalized spacial score (nSPS) is 6.44. The standard InChI is InChI=1S/2Ca.2ClH.H2O4S/c;;;;1-5(2,3)4/h;;2*1H;(H2,1,2,3,4)/q2*+2;;;/p-4. The molecule has 0 aliphatic heterocycles. The second-order valence-corrected chi connectivity index (χ2v) is 1.22. The van der Waals surface area contributed by atoms with Crippen LogP contribution in [0.1, 0.15) is 0 Å². The molecular weight excluding hydrogens is 247 g/mol. The maximum absolute atomic E-state index is 8.52. The topological polar surface area (TPSA) is 80.3 Å². The molecule has 0 unspecified atom stereocenters. The van der Waals surface area contributed by atoms with E-state index in [-0.39, 0.29) is 100 Å². The SMILES string of the molecule is O=S(=O)([O-])[O-].[Ca+2].[Ca+2].[Cl-].[Cl-]. The second kappa shape index (κ2) is 13.6. The van der Waals surface area contributed by atoms with Crippen molar-refractivity contribution in [3.63, 3.8) is 0 Å². The molecule has 4 nitrogen and oxygen atoms in total. The molecule has 0 aromatic heterocycles. The van der Waals surface area contributed by atoms with Crippen LogP contribution in [0.5, 0.6) is 0 Å². The first-order valence-electron chi connectivity index (χ1n) is 0.667. The molecule has 9 heavy (non-hydrogen) atoms. The van der Waals surface area contributed by atoms with Gasteiger partial charge in [0.05, 0.1) is 0 Å². The Morgan fingerprint density at radius 3 is 0.889 bits per heavy atom. The molecule has 0 saturated carbocycles. The Labute approximate surface area is 126 Å². The number of halogens is 2. The van der Waals surface area contributed by atoms with Crippen molar-refractivity contribution in [3.05, 3.63) is 0 Å². The summed E-state index contributed by atoms with van der Waals surface area (Å²) in [7, 11) is -5.17. The molecule has 0 fully saturated rings. The van der Waals surface area contributed by atoms with Gasteiger partial charge < -0.3 is 33.9 Å². The van der Waals surface area contributed by atoms with Gasteiger partial charge in [-0.15, -0.1) is 0 Å². The maximum atomic E-state index is 8.52. The smallest absolute Gasteiger partial charge is 1.00 e. The van der Waals surface area contributed by atoms with E-state index in [1.807, 2.05) is 0 Å². The largest absolute Gasteiger partial charge is 2.00 e. The van der Waals surface area contributed by atoms with Gasteiger partial charge in [0, 0.05) is 10.4 Å². The molecule has 0 heterocycles. The molecule has 0 atom stereocenters. The number of rotatable bonds is 0. The summed E-state index contributed by atoms with van der Waals surface area (Å²) >= 11 is 0. The Bertz CT molecular complexity index is 99.7. The van der Waals surface area contributed by atoms with E-state index >= 15 is 0 Å². The van der Waals surface area contributed by atoms with Crippen LogP contribution in [0.3, 0.4) is 0 Å². The minimum absolute atomic E-state index is 0. The van der Waals surface area contributed by atoms with Gasteiger partial charge in [-0.25, -0.2) is 0 Å². The zero-order valence-electron chi connectivity index (χ0n) is 4.21. The Morgan fingerprint density at radius 1 is 0.889 bits per heavy atom. The van der Waals surface area contributed by atoms with E-state index in [9.17, 15) is 0 Å². The van der Waals surface area contributed by atoms with Gasteiger partial charge >= 0.3 is 75.5 Å². The first-order valence-corrected chi connectivity index (χ1v) is 2.00. The van der Waals surface area contributed by atoms with E-state index < -0.39 is 10.4 Å². The number of hydrogen-bond acceptors (Lipinski definition) is 4. The molecule has 0 aromatic carbocycles. The van der Waals surface area contributed by atoms with Gasteiger partial charge in [0.25, 0.3) is 0 Å². The first kappa shape index (κ1) is 29.7. The van der Waals surface area contributed by atoms with Crippen LogP contribution in [0.25, 0.3) is 0 Å². The summed E-state index contributed by atoms with van der Waals surface area (Å²) in [6, 6.07) is 0. The van der Waals surface area contributed by atoms with Gasteiger partial charge in [-0.3, -0.25) is 8.42 Å². The van der Waals surface area contributed by atoms with Gasteiger partial charge in [-0.05, 0) is 0 Å². The Kier molecular flexibility index (Phi) is 44.6. The monoisotopic (exact) mass is 246 g/mol. The molecule has 0 aliphatic rings. The predicted octanol–water partition coefficient (Wildman–Crippen LogP) is -8.09. The third-order valence-electron chi connectivity index (χ3n) is 0.